The minimum atomic E-state index is -0.679. The summed E-state index contributed by atoms with van der Waals surface area (Å²) in [5.41, 5.74) is 0. The molecule has 0 heterocycles. The van der Waals surface area contributed by atoms with Gasteiger partial charge in [0.05, 0.1) is 0 Å². The fraction of sp³-hybridized carbons (Fsp3) is 0.812. The quantitative estimate of drug-likeness (QED) is 0.365. The molecule has 0 rings (SSSR count). The Balaban J connectivity index is 3.06. The summed E-state index contributed by atoms with van der Waals surface area (Å²) >= 11 is 0. The number of carboxylic acid groups (broad SMARTS) is 1. The number of aliphatic hydroxyl groups is 1. The summed E-state index contributed by atoms with van der Waals surface area (Å²) in [4.78, 5) is 10.3. The van der Waals surface area contributed by atoms with E-state index in [1.54, 1.807) is 0 Å². The number of allylic oxidation sites excluding steroid dienone is 2. The molecule has 0 unspecified atom stereocenters. The third-order valence-electron chi connectivity index (χ3n) is 3.21. The maximum absolute atomic E-state index is 10.3. The van der Waals surface area contributed by atoms with Crippen molar-refractivity contribution in [1.82, 2.24) is 0 Å². The van der Waals surface area contributed by atoms with Crippen LogP contribution in [-0.2, 0) is 4.79 Å². The topological polar surface area (TPSA) is 57.5 Å². The molecule has 0 atom stereocenters. The zero-order chi connectivity index (χ0) is 14.2. The molecule has 0 aromatic heterocycles. The number of rotatable bonds is 14. The second-order valence-electron chi connectivity index (χ2n) is 5.10. The normalized spacial score (nSPS) is 11.2. The van der Waals surface area contributed by atoms with Crippen LogP contribution in [0.2, 0.25) is 0 Å². The molecule has 112 valence electrons. The van der Waals surface area contributed by atoms with Gasteiger partial charge in [-0.2, -0.15) is 0 Å². The van der Waals surface area contributed by atoms with Gasteiger partial charge >= 0.3 is 5.97 Å². The van der Waals surface area contributed by atoms with Crippen molar-refractivity contribution in [3.8, 4) is 0 Å². The Labute approximate surface area is 117 Å². The summed E-state index contributed by atoms with van der Waals surface area (Å²) < 4.78 is 0. The maximum atomic E-state index is 10.3. The van der Waals surface area contributed by atoms with Crippen molar-refractivity contribution in [3.05, 3.63) is 12.2 Å². The molecule has 19 heavy (non-hydrogen) atoms. The molecule has 0 aliphatic carbocycles. The Morgan fingerprint density at radius 1 is 0.737 bits per heavy atom. The van der Waals surface area contributed by atoms with Gasteiger partial charge in [0, 0.05) is 13.0 Å². The standard InChI is InChI=1S/C16H30O3/c17-15-13-11-9-7-5-3-1-2-4-6-8-10-12-14-16(18)19/h1,3,17H,2,4-15H2,(H,18,19)/b3-1+. The Kier molecular flexibility index (Phi) is 14.6. The third-order valence-corrected chi connectivity index (χ3v) is 3.21. The lowest BCUT2D eigenvalue weighted by Crippen LogP contribution is -1.93. The van der Waals surface area contributed by atoms with Crippen molar-refractivity contribution in [1.29, 1.82) is 0 Å². The van der Waals surface area contributed by atoms with Gasteiger partial charge in [-0.05, 0) is 38.5 Å². The highest BCUT2D eigenvalue weighted by molar-refractivity contribution is 5.66. The molecule has 0 saturated heterocycles. The van der Waals surface area contributed by atoms with Gasteiger partial charge in [-0.15, -0.1) is 0 Å². The third kappa shape index (κ3) is 17.2. The molecule has 0 spiro atoms. The molecule has 0 aromatic carbocycles. The van der Waals surface area contributed by atoms with E-state index >= 15 is 0 Å². The molecule has 0 saturated carbocycles. The summed E-state index contributed by atoms with van der Waals surface area (Å²) in [6.07, 6.45) is 17.1. The van der Waals surface area contributed by atoms with Gasteiger partial charge in [-0.25, -0.2) is 0 Å². The lowest BCUT2D eigenvalue weighted by molar-refractivity contribution is -0.137. The summed E-state index contributed by atoms with van der Waals surface area (Å²) in [6, 6.07) is 0. The Hall–Kier alpha value is -0.830. The highest BCUT2D eigenvalue weighted by Crippen LogP contribution is 2.08. The van der Waals surface area contributed by atoms with E-state index in [0.29, 0.717) is 13.0 Å². The van der Waals surface area contributed by atoms with Crippen molar-refractivity contribution in [2.75, 3.05) is 6.61 Å². The Morgan fingerprint density at radius 2 is 1.21 bits per heavy atom. The van der Waals surface area contributed by atoms with Crippen LogP contribution in [0.15, 0.2) is 12.2 Å². The predicted octanol–water partition coefficient (Wildman–Crippen LogP) is 4.30. The van der Waals surface area contributed by atoms with E-state index in [9.17, 15) is 4.79 Å². The first-order valence-corrected chi connectivity index (χ1v) is 7.75. The molecule has 3 heteroatoms. The molecule has 0 aromatic rings. The summed E-state index contributed by atoms with van der Waals surface area (Å²) in [5.74, 6) is -0.679. The summed E-state index contributed by atoms with van der Waals surface area (Å²) in [6.45, 7) is 0.322. The fourth-order valence-electron chi connectivity index (χ4n) is 2.03. The molecule has 0 bridgehead atoms. The van der Waals surface area contributed by atoms with Crippen LogP contribution in [0.3, 0.4) is 0 Å². The van der Waals surface area contributed by atoms with Crippen LogP contribution in [0.1, 0.15) is 77.0 Å². The SMILES string of the molecule is O=C(O)CCCCCCC/C=C/CCCCCCO. The van der Waals surface area contributed by atoms with Crippen molar-refractivity contribution in [2.45, 2.75) is 77.0 Å². The van der Waals surface area contributed by atoms with E-state index in [0.717, 1.165) is 44.9 Å². The van der Waals surface area contributed by atoms with E-state index in [-0.39, 0.29) is 0 Å². The van der Waals surface area contributed by atoms with Crippen molar-refractivity contribution in [2.24, 2.45) is 0 Å². The predicted molar refractivity (Wildman–Crippen MR) is 79.3 cm³/mol. The zero-order valence-corrected chi connectivity index (χ0v) is 12.1. The van der Waals surface area contributed by atoms with Gasteiger partial charge in [0.2, 0.25) is 0 Å². The van der Waals surface area contributed by atoms with Gasteiger partial charge in [0.15, 0.2) is 0 Å². The van der Waals surface area contributed by atoms with Crippen LogP contribution in [0.4, 0.5) is 0 Å². The lowest BCUT2D eigenvalue weighted by Gasteiger charge is -1.98. The Morgan fingerprint density at radius 3 is 1.74 bits per heavy atom. The zero-order valence-electron chi connectivity index (χ0n) is 12.1. The minimum absolute atomic E-state index is 0.316. The van der Waals surface area contributed by atoms with Crippen LogP contribution in [0.5, 0.6) is 0 Å². The highest BCUT2D eigenvalue weighted by atomic mass is 16.4. The molecule has 0 fully saturated rings. The smallest absolute Gasteiger partial charge is 0.303 e. The summed E-state index contributed by atoms with van der Waals surface area (Å²) in [5, 5.41) is 17.1. The van der Waals surface area contributed by atoms with E-state index in [2.05, 4.69) is 12.2 Å². The number of carboxylic acids is 1. The van der Waals surface area contributed by atoms with Crippen LogP contribution in [0, 0.1) is 0 Å². The van der Waals surface area contributed by atoms with Crippen LogP contribution in [0.25, 0.3) is 0 Å². The fourth-order valence-corrected chi connectivity index (χ4v) is 2.03. The number of hydrogen-bond donors (Lipinski definition) is 2. The first kappa shape index (κ1) is 18.2. The molecule has 0 aliphatic rings. The summed E-state index contributed by atoms with van der Waals surface area (Å²) in [7, 11) is 0. The van der Waals surface area contributed by atoms with Gasteiger partial charge in [-0.3, -0.25) is 4.79 Å². The van der Waals surface area contributed by atoms with Crippen LogP contribution >= 0.6 is 0 Å². The molecule has 0 aliphatic heterocycles. The number of unbranched alkanes of at least 4 members (excludes halogenated alkanes) is 9. The van der Waals surface area contributed by atoms with Crippen molar-refractivity contribution >= 4 is 5.97 Å². The first-order valence-electron chi connectivity index (χ1n) is 7.75. The molecular formula is C16H30O3. The molecule has 0 radical (unpaired) electrons. The number of aliphatic carboxylic acids is 1. The lowest BCUT2D eigenvalue weighted by atomic mass is 10.1. The number of carbonyl (C=O) groups is 1. The first-order chi connectivity index (χ1) is 9.27. The van der Waals surface area contributed by atoms with Gasteiger partial charge in [0.25, 0.3) is 0 Å². The van der Waals surface area contributed by atoms with Gasteiger partial charge in [-0.1, -0.05) is 44.3 Å². The number of aliphatic hydroxyl groups excluding tert-OH is 1. The van der Waals surface area contributed by atoms with E-state index in [1.165, 1.54) is 25.7 Å². The minimum Gasteiger partial charge on any atom is -0.481 e. The highest BCUT2D eigenvalue weighted by Gasteiger charge is 1.95. The largest absolute Gasteiger partial charge is 0.481 e. The van der Waals surface area contributed by atoms with E-state index in [1.807, 2.05) is 0 Å². The number of hydrogen-bond acceptors (Lipinski definition) is 2. The maximum Gasteiger partial charge on any atom is 0.303 e. The second kappa shape index (κ2) is 15.2. The molecule has 3 nitrogen and oxygen atoms in total. The second-order valence-corrected chi connectivity index (χ2v) is 5.10. The van der Waals surface area contributed by atoms with Gasteiger partial charge < -0.3 is 10.2 Å². The monoisotopic (exact) mass is 270 g/mol. The van der Waals surface area contributed by atoms with E-state index in [4.69, 9.17) is 10.2 Å². The Bertz CT molecular complexity index is 224. The van der Waals surface area contributed by atoms with Crippen molar-refractivity contribution < 1.29 is 15.0 Å². The van der Waals surface area contributed by atoms with Crippen LogP contribution in [-0.4, -0.2) is 22.8 Å². The average molecular weight is 270 g/mol. The molecular weight excluding hydrogens is 240 g/mol. The van der Waals surface area contributed by atoms with Crippen LogP contribution < -0.4 is 0 Å². The average Bonchev–Trinajstić information content (AvgIpc) is 2.39. The van der Waals surface area contributed by atoms with Crippen molar-refractivity contribution in [3.63, 3.8) is 0 Å². The van der Waals surface area contributed by atoms with E-state index < -0.39 is 5.97 Å². The molecule has 0 amide bonds. The molecule has 2 N–H and O–H groups in total. The van der Waals surface area contributed by atoms with Gasteiger partial charge in [0.1, 0.15) is 0 Å².